The van der Waals surface area contributed by atoms with Crippen molar-refractivity contribution in [3.63, 3.8) is 0 Å². The van der Waals surface area contributed by atoms with Gasteiger partial charge in [-0.1, -0.05) is 43.0 Å². The summed E-state index contributed by atoms with van der Waals surface area (Å²) in [6.45, 7) is 6.73. The van der Waals surface area contributed by atoms with E-state index in [1.165, 1.54) is 0 Å². The zero-order valence-electron chi connectivity index (χ0n) is 10.2. The van der Waals surface area contributed by atoms with Gasteiger partial charge in [-0.15, -0.1) is 0 Å². The minimum absolute atomic E-state index is 0.503. The van der Waals surface area contributed by atoms with Gasteiger partial charge >= 0.3 is 0 Å². The minimum Gasteiger partial charge on any atom is -0.489 e. The summed E-state index contributed by atoms with van der Waals surface area (Å²) in [6, 6.07) is 10.0. The molecule has 0 aliphatic carbocycles. The lowest BCUT2D eigenvalue weighted by Gasteiger charge is -2.07. The zero-order chi connectivity index (χ0) is 12.5. The van der Waals surface area contributed by atoms with Crippen molar-refractivity contribution in [1.82, 2.24) is 0 Å². The fourth-order valence-electron chi connectivity index (χ4n) is 1.34. The van der Waals surface area contributed by atoms with Crippen molar-refractivity contribution in [3.8, 4) is 0 Å². The van der Waals surface area contributed by atoms with Gasteiger partial charge in [0.25, 0.3) is 0 Å². The average Bonchev–Trinajstić information content (AvgIpc) is 2.40. The molecule has 0 spiro atoms. The Bertz CT molecular complexity index is 404. The summed E-state index contributed by atoms with van der Waals surface area (Å²) >= 11 is 0. The molecule has 0 heterocycles. The third-order valence-corrected chi connectivity index (χ3v) is 2.38. The van der Waals surface area contributed by atoms with Crippen LogP contribution in [0.4, 0.5) is 0 Å². The van der Waals surface area contributed by atoms with Crippen LogP contribution in [0.15, 0.2) is 66.5 Å². The largest absolute Gasteiger partial charge is 0.489 e. The summed E-state index contributed by atoms with van der Waals surface area (Å²) in [6.07, 6.45) is 5.58. The number of allylic oxidation sites excluding steroid dienone is 2. The van der Waals surface area contributed by atoms with Gasteiger partial charge in [0.1, 0.15) is 12.4 Å². The van der Waals surface area contributed by atoms with Crippen LogP contribution >= 0.6 is 0 Å². The van der Waals surface area contributed by atoms with Crippen LogP contribution in [0.2, 0.25) is 0 Å². The van der Waals surface area contributed by atoms with E-state index < -0.39 is 0 Å². The molecule has 0 aliphatic heterocycles. The second kappa shape index (κ2) is 7.47. The molecular formula is C15H19NO. The van der Waals surface area contributed by atoms with Crippen LogP contribution in [0.25, 0.3) is 0 Å². The van der Waals surface area contributed by atoms with Crippen LogP contribution in [0, 0.1) is 0 Å². The quantitative estimate of drug-likeness (QED) is 0.600. The maximum Gasteiger partial charge on any atom is 0.119 e. The van der Waals surface area contributed by atoms with Gasteiger partial charge in [-0.25, -0.2) is 0 Å². The molecule has 0 bridgehead atoms. The summed E-state index contributed by atoms with van der Waals surface area (Å²) in [5.41, 5.74) is 7.76. The molecule has 17 heavy (non-hydrogen) atoms. The Morgan fingerprint density at radius 2 is 2.06 bits per heavy atom. The van der Waals surface area contributed by atoms with E-state index in [-0.39, 0.29) is 0 Å². The highest BCUT2D eigenvalue weighted by molar-refractivity contribution is 5.26. The van der Waals surface area contributed by atoms with E-state index in [1.54, 1.807) is 6.08 Å². The summed E-state index contributed by atoms with van der Waals surface area (Å²) in [4.78, 5) is 0. The van der Waals surface area contributed by atoms with Gasteiger partial charge in [-0.05, 0) is 30.2 Å². The predicted octanol–water partition coefficient (Wildman–Crippen LogP) is 3.18. The lowest BCUT2D eigenvalue weighted by atomic mass is 10.2. The average molecular weight is 229 g/mol. The molecule has 0 saturated carbocycles. The number of hydrogen-bond acceptors (Lipinski definition) is 2. The van der Waals surface area contributed by atoms with E-state index in [2.05, 4.69) is 6.58 Å². The molecule has 0 unspecified atom stereocenters. The SMILES string of the molecule is C=C/C(=C\C(=C/C)CN)OCc1ccccc1. The highest BCUT2D eigenvalue weighted by Gasteiger charge is 1.96. The molecule has 0 aliphatic rings. The smallest absolute Gasteiger partial charge is 0.119 e. The molecule has 0 saturated heterocycles. The predicted molar refractivity (Wildman–Crippen MR) is 72.3 cm³/mol. The summed E-state index contributed by atoms with van der Waals surface area (Å²) < 4.78 is 5.66. The number of nitrogens with two attached hydrogens (primary N) is 1. The first-order chi connectivity index (χ1) is 8.30. The van der Waals surface area contributed by atoms with Crippen molar-refractivity contribution in [1.29, 1.82) is 0 Å². The van der Waals surface area contributed by atoms with Crippen molar-refractivity contribution in [2.75, 3.05) is 6.54 Å². The molecular weight excluding hydrogens is 210 g/mol. The van der Waals surface area contributed by atoms with Gasteiger partial charge in [-0.2, -0.15) is 0 Å². The lowest BCUT2D eigenvalue weighted by Crippen LogP contribution is -2.02. The molecule has 0 amide bonds. The van der Waals surface area contributed by atoms with Gasteiger partial charge in [0.2, 0.25) is 0 Å². The summed E-state index contributed by atoms with van der Waals surface area (Å²) in [5.74, 6) is 0.743. The number of rotatable bonds is 6. The van der Waals surface area contributed by atoms with Crippen LogP contribution in [-0.2, 0) is 11.3 Å². The highest BCUT2D eigenvalue weighted by Crippen LogP contribution is 2.09. The van der Waals surface area contributed by atoms with E-state index in [0.717, 1.165) is 16.9 Å². The lowest BCUT2D eigenvalue weighted by molar-refractivity contribution is 0.211. The van der Waals surface area contributed by atoms with Crippen LogP contribution < -0.4 is 5.73 Å². The second-order valence-electron chi connectivity index (χ2n) is 3.59. The van der Waals surface area contributed by atoms with E-state index in [0.29, 0.717) is 13.2 Å². The standard InChI is InChI=1S/C15H19NO/c1-3-13(11-16)10-15(4-2)17-12-14-8-6-5-7-9-14/h3-10H,2,11-12,16H2,1H3/b13-3+,15-10+. The molecule has 0 radical (unpaired) electrons. The first-order valence-corrected chi connectivity index (χ1v) is 5.66. The van der Waals surface area contributed by atoms with Crippen molar-refractivity contribution < 1.29 is 4.74 Å². The molecule has 2 heteroatoms. The first kappa shape index (κ1) is 13.3. The fraction of sp³-hybridized carbons (Fsp3) is 0.200. The molecule has 90 valence electrons. The molecule has 2 nitrogen and oxygen atoms in total. The van der Waals surface area contributed by atoms with Crippen LogP contribution in [0.1, 0.15) is 12.5 Å². The second-order valence-corrected chi connectivity index (χ2v) is 3.59. The van der Waals surface area contributed by atoms with Crippen LogP contribution in [0.5, 0.6) is 0 Å². The van der Waals surface area contributed by atoms with E-state index >= 15 is 0 Å². The van der Waals surface area contributed by atoms with Gasteiger partial charge < -0.3 is 10.5 Å². The van der Waals surface area contributed by atoms with Gasteiger partial charge in [-0.3, -0.25) is 0 Å². The Morgan fingerprint density at radius 3 is 2.59 bits per heavy atom. The third-order valence-electron chi connectivity index (χ3n) is 2.38. The summed E-state index contributed by atoms with van der Waals surface area (Å²) in [5, 5.41) is 0. The Balaban J connectivity index is 2.62. The Labute approximate surface area is 103 Å². The first-order valence-electron chi connectivity index (χ1n) is 5.66. The molecule has 0 aromatic heterocycles. The topological polar surface area (TPSA) is 35.2 Å². The van der Waals surface area contributed by atoms with E-state index in [9.17, 15) is 0 Å². The zero-order valence-corrected chi connectivity index (χ0v) is 10.2. The van der Waals surface area contributed by atoms with Gasteiger partial charge in [0.15, 0.2) is 0 Å². The maximum absolute atomic E-state index is 5.66. The maximum atomic E-state index is 5.66. The number of ether oxygens (including phenoxy) is 1. The molecule has 0 fully saturated rings. The normalized spacial score (nSPS) is 12.4. The van der Waals surface area contributed by atoms with Gasteiger partial charge in [0.05, 0.1) is 0 Å². The molecule has 1 aromatic carbocycles. The van der Waals surface area contributed by atoms with E-state index in [1.807, 2.05) is 49.4 Å². The molecule has 2 N–H and O–H groups in total. The fourth-order valence-corrected chi connectivity index (χ4v) is 1.34. The molecule has 1 rings (SSSR count). The van der Waals surface area contributed by atoms with Crippen molar-refractivity contribution in [2.24, 2.45) is 5.73 Å². The monoisotopic (exact) mass is 229 g/mol. The van der Waals surface area contributed by atoms with Crippen molar-refractivity contribution in [2.45, 2.75) is 13.5 Å². The Kier molecular flexibility index (Phi) is 5.83. The molecule has 0 atom stereocenters. The Hall–Kier alpha value is -1.80. The molecule has 1 aromatic rings. The third kappa shape index (κ3) is 4.70. The van der Waals surface area contributed by atoms with Gasteiger partial charge in [0, 0.05) is 6.54 Å². The number of benzene rings is 1. The van der Waals surface area contributed by atoms with Crippen molar-refractivity contribution in [3.05, 3.63) is 72.0 Å². The summed E-state index contributed by atoms with van der Waals surface area (Å²) in [7, 11) is 0. The van der Waals surface area contributed by atoms with Crippen LogP contribution in [-0.4, -0.2) is 6.54 Å². The Morgan fingerprint density at radius 1 is 1.35 bits per heavy atom. The van der Waals surface area contributed by atoms with Crippen LogP contribution in [0.3, 0.4) is 0 Å². The van der Waals surface area contributed by atoms with Crippen molar-refractivity contribution >= 4 is 0 Å². The highest BCUT2D eigenvalue weighted by atomic mass is 16.5. The minimum atomic E-state index is 0.503. The van der Waals surface area contributed by atoms with E-state index in [4.69, 9.17) is 10.5 Å². The number of hydrogen-bond donors (Lipinski definition) is 1.